The molecule has 4 heteroatoms. The van der Waals surface area contributed by atoms with Gasteiger partial charge in [0.2, 0.25) is 0 Å². The number of rotatable bonds is 3. The molecule has 0 saturated carbocycles. The van der Waals surface area contributed by atoms with E-state index in [1.807, 2.05) is 24.3 Å². The van der Waals surface area contributed by atoms with E-state index < -0.39 is 0 Å². The summed E-state index contributed by atoms with van der Waals surface area (Å²) in [6.07, 6.45) is 4.23. The van der Waals surface area contributed by atoms with Gasteiger partial charge in [0, 0.05) is 21.8 Å². The van der Waals surface area contributed by atoms with Crippen molar-refractivity contribution >= 4 is 34.1 Å². The second-order valence-corrected chi connectivity index (χ2v) is 4.99. The Balaban J connectivity index is 1.92. The lowest BCUT2D eigenvalue weighted by atomic mass is 10.0. The number of benzene rings is 1. The molecule has 84 valence electrons. The summed E-state index contributed by atoms with van der Waals surface area (Å²) >= 11 is 2.27. The van der Waals surface area contributed by atoms with E-state index in [1.165, 1.54) is 3.57 Å². The van der Waals surface area contributed by atoms with Crippen molar-refractivity contribution < 1.29 is 4.79 Å². The highest BCUT2D eigenvalue weighted by Gasteiger charge is 2.08. The molecule has 0 radical (unpaired) electrons. The van der Waals surface area contributed by atoms with E-state index in [9.17, 15) is 4.79 Å². The monoisotopic (exact) mass is 328 g/mol. The third kappa shape index (κ3) is 3.23. The van der Waals surface area contributed by atoms with Gasteiger partial charge in [0.25, 0.3) is 0 Å². The Bertz CT molecular complexity index is 412. The molecule has 0 aliphatic heterocycles. The minimum atomic E-state index is 0.207. The average Bonchev–Trinajstić information content (AvgIpc) is 2.28. The van der Waals surface area contributed by atoms with Gasteiger partial charge in [-0.1, -0.05) is 0 Å². The van der Waals surface area contributed by atoms with Crippen LogP contribution < -0.4 is 10.9 Å². The summed E-state index contributed by atoms with van der Waals surface area (Å²) in [6.45, 7) is 0. The smallest absolute Gasteiger partial charge is 0.157 e. The van der Waals surface area contributed by atoms with Crippen molar-refractivity contribution in [2.24, 2.45) is 0 Å². The molecule has 1 aliphatic rings. The van der Waals surface area contributed by atoms with Crippen LogP contribution in [0.1, 0.15) is 19.3 Å². The predicted molar refractivity (Wildman–Crippen MR) is 72.9 cm³/mol. The number of carbonyl (C=O) groups is 1. The van der Waals surface area contributed by atoms with E-state index >= 15 is 0 Å². The third-order valence-corrected chi connectivity index (χ3v) is 3.14. The number of anilines is 1. The molecule has 0 spiro atoms. The van der Waals surface area contributed by atoms with E-state index in [1.54, 1.807) is 6.08 Å². The molecular formula is C12H13IN2O. The van der Waals surface area contributed by atoms with Crippen LogP contribution in [0.15, 0.2) is 36.0 Å². The van der Waals surface area contributed by atoms with Gasteiger partial charge in [-0.2, -0.15) is 0 Å². The molecule has 0 heterocycles. The molecule has 2 rings (SSSR count). The Kier molecular flexibility index (Phi) is 3.82. The molecule has 0 bridgehead atoms. The zero-order chi connectivity index (χ0) is 11.4. The third-order valence-electron chi connectivity index (χ3n) is 2.42. The minimum Gasteiger partial charge on any atom is -0.305 e. The zero-order valence-electron chi connectivity index (χ0n) is 8.79. The van der Waals surface area contributed by atoms with Crippen LogP contribution in [0.4, 0.5) is 5.69 Å². The fraction of sp³-hybridized carbons (Fsp3) is 0.250. The first-order chi connectivity index (χ1) is 7.74. The molecule has 1 aromatic carbocycles. The van der Waals surface area contributed by atoms with Gasteiger partial charge >= 0.3 is 0 Å². The second-order valence-electron chi connectivity index (χ2n) is 3.75. The van der Waals surface area contributed by atoms with E-state index in [-0.39, 0.29) is 5.78 Å². The molecule has 1 aromatic rings. The molecule has 16 heavy (non-hydrogen) atoms. The van der Waals surface area contributed by atoms with Crippen LogP contribution in [0.25, 0.3) is 0 Å². The normalized spacial score (nSPS) is 15.6. The lowest BCUT2D eigenvalue weighted by Crippen LogP contribution is -2.23. The van der Waals surface area contributed by atoms with Gasteiger partial charge in [-0.25, -0.2) is 0 Å². The molecule has 0 unspecified atom stereocenters. The molecule has 1 aliphatic carbocycles. The average molecular weight is 328 g/mol. The van der Waals surface area contributed by atoms with Gasteiger partial charge in [0.15, 0.2) is 5.78 Å². The van der Waals surface area contributed by atoms with Gasteiger partial charge in [-0.3, -0.25) is 4.79 Å². The molecule has 0 aromatic heterocycles. The van der Waals surface area contributed by atoms with Gasteiger partial charge in [-0.05, 0) is 59.7 Å². The van der Waals surface area contributed by atoms with Gasteiger partial charge in [-0.15, -0.1) is 0 Å². The Morgan fingerprint density at radius 1 is 1.06 bits per heavy atom. The molecule has 0 saturated heterocycles. The lowest BCUT2D eigenvalue weighted by Gasteiger charge is -2.15. The quantitative estimate of drug-likeness (QED) is 0.662. The van der Waals surface area contributed by atoms with Gasteiger partial charge in [0.1, 0.15) is 0 Å². The summed E-state index contributed by atoms with van der Waals surface area (Å²) in [5, 5.41) is 0. The van der Waals surface area contributed by atoms with Crippen LogP contribution >= 0.6 is 22.6 Å². The topological polar surface area (TPSA) is 41.1 Å². The highest BCUT2D eigenvalue weighted by atomic mass is 127. The maximum atomic E-state index is 11.2. The predicted octanol–water partition coefficient (Wildman–Crippen LogP) is 2.84. The first-order valence-electron chi connectivity index (χ1n) is 5.25. The number of carbonyl (C=O) groups excluding carboxylic acids is 1. The van der Waals surface area contributed by atoms with Crippen molar-refractivity contribution in [1.82, 2.24) is 5.43 Å². The van der Waals surface area contributed by atoms with E-state index in [0.717, 1.165) is 24.2 Å². The van der Waals surface area contributed by atoms with Crippen LogP contribution in [-0.2, 0) is 4.79 Å². The van der Waals surface area contributed by atoms with Crippen LogP contribution in [-0.4, -0.2) is 5.78 Å². The fourth-order valence-electron chi connectivity index (χ4n) is 1.58. The summed E-state index contributed by atoms with van der Waals surface area (Å²) in [5.41, 5.74) is 8.13. The van der Waals surface area contributed by atoms with Crippen molar-refractivity contribution in [2.45, 2.75) is 19.3 Å². The number of allylic oxidation sites excluding steroid dienone is 2. The number of hydrogen-bond donors (Lipinski definition) is 2. The SMILES string of the molecule is O=C1C=C(NNc2ccc(I)cc2)CCC1. The maximum absolute atomic E-state index is 11.2. The highest BCUT2D eigenvalue weighted by Crippen LogP contribution is 2.14. The van der Waals surface area contributed by atoms with E-state index in [0.29, 0.717) is 6.42 Å². The summed E-state index contributed by atoms with van der Waals surface area (Å²) in [6, 6.07) is 8.07. The Hall–Kier alpha value is -1.04. The molecule has 2 N–H and O–H groups in total. The van der Waals surface area contributed by atoms with Crippen LogP contribution in [0.3, 0.4) is 0 Å². The van der Waals surface area contributed by atoms with E-state index in [2.05, 4.69) is 33.4 Å². The van der Waals surface area contributed by atoms with Crippen LogP contribution in [0.2, 0.25) is 0 Å². The second kappa shape index (κ2) is 5.34. The minimum absolute atomic E-state index is 0.207. The summed E-state index contributed by atoms with van der Waals surface area (Å²) in [4.78, 5) is 11.2. The van der Waals surface area contributed by atoms with Gasteiger partial charge < -0.3 is 10.9 Å². The maximum Gasteiger partial charge on any atom is 0.157 e. The summed E-state index contributed by atoms with van der Waals surface area (Å²) in [7, 11) is 0. The molecular weight excluding hydrogens is 315 g/mol. The lowest BCUT2D eigenvalue weighted by molar-refractivity contribution is -0.115. The summed E-state index contributed by atoms with van der Waals surface area (Å²) in [5.74, 6) is 0.207. The van der Waals surface area contributed by atoms with E-state index in [4.69, 9.17) is 0 Å². The van der Waals surface area contributed by atoms with Crippen LogP contribution in [0, 0.1) is 3.57 Å². The van der Waals surface area contributed by atoms with Gasteiger partial charge in [0.05, 0.1) is 5.69 Å². The van der Waals surface area contributed by atoms with Crippen molar-refractivity contribution in [1.29, 1.82) is 0 Å². The zero-order valence-corrected chi connectivity index (χ0v) is 11.0. The number of hydrazine groups is 1. The molecule has 0 atom stereocenters. The molecule has 3 nitrogen and oxygen atoms in total. The largest absolute Gasteiger partial charge is 0.305 e. The summed E-state index contributed by atoms with van der Waals surface area (Å²) < 4.78 is 1.20. The fourth-order valence-corrected chi connectivity index (χ4v) is 1.94. The van der Waals surface area contributed by atoms with Crippen LogP contribution in [0.5, 0.6) is 0 Å². The standard InChI is InChI=1S/C12H13IN2O/c13-9-4-6-10(7-5-9)14-15-11-2-1-3-12(16)8-11/h4-8,14-15H,1-3H2. The first-order valence-corrected chi connectivity index (χ1v) is 6.33. The Morgan fingerprint density at radius 2 is 1.81 bits per heavy atom. The number of ketones is 1. The number of hydrogen-bond acceptors (Lipinski definition) is 3. The van der Waals surface area contributed by atoms with Crippen molar-refractivity contribution in [3.05, 3.63) is 39.6 Å². The first kappa shape index (κ1) is 11.4. The molecule has 0 amide bonds. The van der Waals surface area contributed by atoms with Crippen molar-refractivity contribution in [3.63, 3.8) is 0 Å². The Labute approximate surface area is 108 Å². The highest BCUT2D eigenvalue weighted by molar-refractivity contribution is 14.1. The Morgan fingerprint density at radius 3 is 2.50 bits per heavy atom. The molecule has 0 fully saturated rings. The van der Waals surface area contributed by atoms with Crippen molar-refractivity contribution in [2.75, 3.05) is 5.43 Å². The number of nitrogens with one attached hydrogen (secondary N) is 2. The van der Waals surface area contributed by atoms with Crippen molar-refractivity contribution in [3.8, 4) is 0 Å². The number of halogens is 1.